The van der Waals surface area contributed by atoms with Crippen molar-refractivity contribution in [3.63, 3.8) is 0 Å². The van der Waals surface area contributed by atoms with Gasteiger partial charge in [-0.2, -0.15) is 0 Å². The summed E-state index contributed by atoms with van der Waals surface area (Å²) in [5, 5.41) is 1.69. The van der Waals surface area contributed by atoms with E-state index in [2.05, 4.69) is 0 Å². The quantitative estimate of drug-likeness (QED) is 0.599. The number of nitrogens with zero attached hydrogens (tertiary/aromatic N) is 1. The van der Waals surface area contributed by atoms with Crippen LogP contribution < -0.4 is 0 Å². The van der Waals surface area contributed by atoms with Gasteiger partial charge >= 0.3 is 0 Å². The predicted octanol–water partition coefficient (Wildman–Crippen LogP) is 5.22. The van der Waals surface area contributed by atoms with Crippen molar-refractivity contribution < 1.29 is 14.0 Å². The van der Waals surface area contributed by atoms with Gasteiger partial charge in [0, 0.05) is 5.56 Å². The van der Waals surface area contributed by atoms with Crippen LogP contribution >= 0.6 is 11.8 Å². The molecule has 1 heterocycles. The fourth-order valence-corrected chi connectivity index (χ4v) is 3.78. The first kappa shape index (κ1) is 16.5. The molecule has 0 unspecified atom stereocenters. The van der Waals surface area contributed by atoms with Gasteiger partial charge in [-0.05, 0) is 40.2 Å². The average molecular weight is 363 g/mol. The fraction of sp³-hybridized carbons (Fsp3) is 0.0476. The van der Waals surface area contributed by atoms with E-state index in [9.17, 15) is 14.0 Å². The van der Waals surface area contributed by atoms with E-state index in [1.807, 2.05) is 42.5 Å². The predicted molar refractivity (Wildman–Crippen MR) is 102 cm³/mol. The number of amides is 2. The highest BCUT2D eigenvalue weighted by Gasteiger charge is 2.35. The summed E-state index contributed by atoms with van der Waals surface area (Å²) in [7, 11) is 0. The summed E-state index contributed by atoms with van der Waals surface area (Å²) in [5.74, 6) is -0.819. The van der Waals surface area contributed by atoms with Gasteiger partial charge < -0.3 is 0 Å². The maximum absolute atomic E-state index is 13.8. The normalized spacial score (nSPS) is 16.0. The van der Waals surface area contributed by atoms with Gasteiger partial charge in [-0.25, -0.2) is 4.39 Å². The van der Waals surface area contributed by atoms with Crippen LogP contribution in [-0.2, 0) is 11.3 Å². The molecule has 0 aliphatic carbocycles. The molecule has 128 valence electrons. The van der Waals surface area contributed by atoms with E-state index >= 15 is 0 Å². The van der Waals surface area contributed by atoms with Crippen molar-refractivity contribution in [3.8, 4) is 0 Å². The number of hydrogen-bond acceptors (Lipinski definition) is 3. The minimum atomic E-state index is -0.426. The third kappa shape index (κ3) is 3.02. The minimum Gasteiger partial charge on any atom is -0.268 e. The monoisotopic (exact) mass is 363 g/mol. The molecule has 0 saturated carbocycles. The Hall–Kier alpha value is -2.92. The van der Waals surface area contributed by atoms with Crippen LogP contribution in [0.5, 0.6) is 0 Å². The van der Waals surface area contributed by atoms with Crippen molar-refractivity contribution in [1.82, 2.24) is 4.90 Å². The summed E-state index contributed by atoms with van der Waals surface area (Å²) in [6.07, 6.45) is 1.73. The Bertz CT molecular complexity index is 1060. The van der Waals surface area contributed by atoms with Crippen LogP contribution in [0, 0.1) is 5.82 Å². The Morgan fingerprint density at radius 1 is 0.923 bits per heavy atom. The second-order valence-corrected chi connectivity index (χ2v) is 6.92. The molecule has 3 aromatic carbocycles. The number of carbonyl (C=O) groups excluding carboxylic acids is 2. The number of imide groups is 1. The highest BCUT2D eigenvalue weighted by molar-refractivity contribution is 8.18. The lowest BCUT2D eigenvalue weighted by Crippen LogP contribution is -2.27. The van der Waals surface area contributed by atoms with E-state index in [0.717, 1.165) is 33.0 Å². The third-order valence-corrected chi connectivity index (χ3v) is 5.18. The van der Waals surface area contributed by atoms with Crippen molar-refractivity contribution in [2.24, 2.45) is 0 Å². The molecule has 1 saturated heterocycles. The van der Waals surface area contributed by atoms with Crippen LogP contribution in [0.4, 0.5) is 9.18 Å². The van der Waals surface area contributed by atoms with E-state index in [4.69, 9.17) is 0 Å². The summed E-state index contributed by atoms with van der Waals surface area (Å²) in [6.45, 7) is -0.0653. The molecule has 1 aliphatic heterocycles. The second kappa shape index (κ2) is 6.77. The molecule has 0 aromatic heterocycles. The van der Waals surface area contributed by atoms with Crippen molar-refractivity contribution in [3.05, 3.63) is 88.6 Å². The SMILES string of the molecule is O=C1S/C(=C/c2cccc3ccccc23)C(=O)N1Cc1ccccc1F. The van der Waals surface area contributed by atoms with Crippen molar-refractivity contribution >= 4 is 39.8 Å². The van der Waals surface area contributed by atoms with Gasteiger partial charge in [-0.3, -0.25) is 14.5 Å². The molecule has 2 amide bonds. The van der Waals surface area contributed by atoms with Gasteiger partial charge in [0.2, 0.25) is 0 Å². The third-order valence-electron chi connectivity index (χ3n) is 4.27. The summed E-state index contributed by atoms with van der Waals surface area (Å²) >= 11 is 0.886. The van der Waals surface area contributed by atoms with E-state index in [1.54, 1.807) is 24.3 Å². The molecule has 0 spiro atoms. The molecule has 0 atom stereocenters. The standard InChI is InChI=1S/C21H14FNO2S/c22-18-11-4-2-7-16(18)13-23-20(24)19(26-21(23)25)12-15-9-5-8-14-6-1-3-10-17(14)15/h1-12H,13H2/b19-12+. The number of thioether (sulfide) groups is 1. The highest BCUT2D eigenvalue weighted by atomic mass is 32.2. The Balaban J connectivity index is 1.66. The molecule has 0 radical (unpaired) electrons. The summed E-state index contributed by atoms with van der Waals surface area (Å²) in [4.78, 5) is 26.4. The molecule has 0 bridgehead atoms. The van der Waals surface area contributed by atoms with E-state index in [1.165, 1.54) is 6.07 Å². The summed E-state index contributed by atoms with van der Waals surface area (Å²) in [6, 6.07) is 19.8. The number of halogens is 1. The van der Waals surface area contributed by atoms with E-state index in [-0.39, 0.29) is 11.8 Å². The topological polar surface area (TPSA) is 37.4 Å². The Morgan fingerprint density at radius 2 is 1.65 bits per heavy atom. The van der Waals surface area contributed by atoms with Crippen LogP contribution in [0.1, 0.15) is 11.1 Å². The van der Waals surface area contributed by atoms with Gasteiger partial charge in [0.05, 0.1) is 11.4 Å². The molecule has 3 aromatic rings. The smallest absolute Gasteiger partial charge is 0.268 e. The zero-order chi connectivity index (χ0) is 18.1. The minimum absolute atomic E-state index is 0.0653. The Morgan fingerprint density at radius 3 is 2.50 bits per heavy atom. The van der Waals surface area contributed by atoms with E-state index < -0.39 is 11.7 Å². The molecule has 1 fully saturated rings. The number of rotatable bonds is 3. The van der Waals surface area contributed by atoms with Crippen LogP contribution in [0.3, 0.4) is 0 Å². The summed E-state index contributed by atoms with van der Waals surface area (Å²) < 4.78 is 13.8. The number of carbonyl (C=O) groups is 2. The Labute approximate surface area is 154 Å². The number of fused-ring (bicyclic) bond motifs is 1. The molecule has 26 heavy (non-hydrogen) atoms. The average Bonchev–Trinajstić information content (AvgIpc) is 2.91. The molecule has 3 nitrogen and oxygen atoms in total. The van der Waals surface area contributed by atoms with Crippen LogP contribution in [0.2, 0.25) is 0 Å². The molecule has 0 N–H and O–H groups in total. The van der Waals surface area contributed by atoms with Crippen molar-refractivity contribution in [2.75, 3.05) is 0 Å². The van der Waals surface area contributed by atoms with Crippen LogP contribution in [0.25, 0.3) is 16.8 Å². The first-order chi connectivity index (χ1) is 12.6. The maximum Gasteiger partial charge on any atom is 0.293 e. The summed E-state index contributed by atoms with van der Waals surface area (Å²) in [5.41, 5.74) is 1.20. The van der Waals surface area contributed by atoms with Gasteiger partial charge in [0.25, 0.3) is 11.1 Å². The van der Waals surface area contributed by atoms with Gasteiger partial charge in [-0.15, -0.1) is 0 Å². The maximum atomic E-state index is 13.8. The highest BCUT2D eigenvalue weighted by Crippen LogP contribution is 2.34. The van der Waals surface area contributed by atoms with Crippen molar-refractivity contribution in [2.45, 2.75) is 6.54 Å². The van der Waals surface area contributed by atoms with Crippen LogP contribution in [-0.4, -0.2) is 16.0 Å². The zero-order valence-corrected chi connectivity index (χ0v) is 14.5. The largest absolute Gasteiger partial charge is 0.293 e. The lowest BCUT2D eigenvalue weighted by atomic mass is 10.0. The fourth-order valence-electron chi connectivity index (χ4n) is 2.95. The van der Waals surface area contributed by atoms with Gasteiger partial charge in [-0.1, -0.05) is 60.7 Å². The lowest BCUT2D eigenvalue weighted by Gasteiger charge is -2.12. The number of benzene rings is 3. The Kier molecular flexibility index (Phi) is 4.31. The molecular formula is C21H14FNO2S. The van der Waals surface area contributed by atoms with E-state index in [0.29, 0.717) is 10.5 Å². The molecule has 1 aliphatic rings. The molecule has 4 rings (SSSR count). The molecular weight excluding hydrogens is 349 g/mol. The van der Waals surface area contributed by atoms with Crippen LogP contribution in [0.15, 0.2) is 71.6 Å². The van der Waals surface area contributed by atoms with Crippen molar-refractivity contribution in [1.29, 1.82) is 0 Å². The zero-order valence-electron chi connectivity index (χ0n) is 13.7. The van der Waals surface area contributed by atoms with Gasteiger partial charge in [0.15, 0.2) is 0 Å². The lowest BCUT2D eigenvalue weighted by molar-refractivity contribution is -0.123. The number of hydrogen-bond donors (Lipinski definition) is 0. The first-order valence-corrected chi connectivity index (χ1v) is 8.92. The second-order valence-electron chi connectivity index (χ2n) is 5.93. The van der Waals surface area contributed by atoms with Gasteiger partial charge in [0.1, 0.15) is 5.82 Å². The first-order valence-electron chi connectivity index (χ1n) is 8.10. The molecule has 5 heteroatoms.